The van der Waals surface area contributed by atoms with Crippen LogP contribution < -0.4 is 5.32 Å². The molecule has 0 spiro atoms. The van der Waals surface area contributed by atoms with Gasteiger partial charge in [0.05, 0.1) is 6.54 Å². The molecule has 0 radical (unpaired) electrons. The summed E-state index contributed by atoms with van der Waals surface area (Å²) in [6.45, 7) is 6.76. The maximum atomic E-state index is 12.1. The van der Waals surface area contributed by atoms with Gasteiger partial charge < -0.3 is 5.32 Å². The average Bonchev–Trinajstić information content (AvgIpc) is 2.69. The van der Waals surface area contributed by atoms with Crippen LogP contribution in [0, 0.1) is 6.92 Å². The van der Waals surface area contributed by atoms with Gasteiger partial charge in [0.1, 0.15) is 0 Å². The van der Waals surface area contributed by atoms with Crippen molar-refractivity contribution in [3.63, 3.8) is 0 Å². The summed E-state index contributed by atoms with van der Waals surface area (Å²) in [7, 11) is 0. The Kier molecular flexibility index (Phi) is 6.18. The zero-order valence-electron chi connectivity index (χ0n) is 13.3. The molecule has 1 aromatic heterocycles. The van der Waals surface area contributed by atoms with Crippen molar-refractivity contribution in [2.75, 3.05) is 19.6 Å². The molecule has 116 valence electrons. The van der Waals surface area contributed by atoms with E-state index in [4.69, 9.17) is 0 Å². The highest BCUT2D eigenvalue weighted by Gasteiger charge is 2.15. The zero-order chi connectivity index (χ0) is 15.1. The summed E-state index contributed by atoms with van der Waals surface area (Å²) in [4.78, 5) is 18.8. The quantitative estimate of drug-likeness (QED) is 0.905. The van der Waals surface area contributed by atoms with Crippen molar-refractivity contribution in [1.29, 1.82) is 0 Å². The van der Waals surface area contributed by atoms with Crippen LogP contribution in [-0.2, 0) is 11.2 Å². The highest BCUT2D eigenvalue weighted by molar-refractivity contribution is 5.78. The molecule has 2 rings (SSSR count). The fourth-order valence-corrected chi connectivity index (χ4v) is 2.89. The largest absolute Gasteiger partial charge is 0.352 e. The SMILES string of the molecule is Cc1cccnc1C[C@@H](C)NC(=O)CN1CCCCCC1. The zero-order valence-corrected chi connectivity index (χ0v) is 13.3. The molecule has 0 aromatic carbocycles. The summed E-state index contributed by atoms with van der Waals surface area (Å²) in [5.41, 5.74) is 2.26. The van der Waals surface area contributed by atoms with Gasteiger partial charge >= 0.3 is 0 Å². The topological polar surface area (TPSA) is 45.2 Å². The second-order valence-electron chi connectivity index (χ2n) is 6.13. The summed E-state index contributed by atoms with van der Waals surface area (Å²) in [5.74, 6) is 0.137. The van der Waals surface area contributed by atoms with Crippen LogP contribution >= 0.6 is 0 Å². The van der Waals surface area contributed by atoms with Gasteiger partial charge in [-0.2, -0.15) is 0 Å². The number of aromatic nitrogens is 1. The second kappa shape index (κ2) is 8.13. The Morgan fingerprint density at radius 3 is 2.71 bits per heavy atom. The molecule has 1 saturated heterocycles. The number of carbonyl (C=O) groups is 1. The van der Waals surface area contributed by atoms with Crippen molar-refractivity contribution in [2.24, 2.45) is 0 Å². The number of amides is 1. The molecular formula is C17H27N3O. The van der Waals surface area contributed by atoms with Crippen molar-refractivity contribution >= 4 is 5.91 Å². The third kappa shape index (κ3) is 5.46. The average molecular weight is 289 g/mol. The molecule has 2 heterocycles. The fraction of sp³-hybridized carbons (Fsp3) is 0.647. The van der Waals surface area contributed by atoms with E-state index in [0.29, 0.717) is 6.54 Å². The molecule has 0 unspecified atom stereocenters. The molecule has 21 heavy (non-hydrogen) atoms. The van der Waals surface area contributed by atoms with Gasteiger partial charge in [-0.1, -0.05) is 18.9 Å². The van der Waals surface area contributed by atoms with E-state index in [1.807, 2.05) is 12.3 Å². The lowest BCUT2D eigenvalue weighted by molar-refractivity contribution is -0.122. The Morgan fingerprint density at radius 2 is 2.05 bits per heavy atom. The maximum Gasteiger partial charge on any atom is 0.234 e. The van der Waals surface area contributed by atoms with Crippen LogP contribution in [0.25, 0.3) is 0 Å². The van der Waals surface area contributed by atoms with E-state index in [9.17, 15) is 4.79 Å². The van der Waals surface area contributed by atoms with Crippen LogP contribution in [0.1, 0.15) is 43.9 Å². The van der Waals surface area contributed by atoms with Crippen LogP contribution in [0.5, 0.6) is 0 Å². The Labute approximate surface area is 127 Å². The number of aryl methyl sites for hydroxylation is 1. The summed E-state index contributed by atoms with van der Waals surface area (Å²) in [6.07, 6.45) is 7.64. The summed E-state index contributed by atoms with van der Waals surface area (Å²) in [6, 6.07) is 4.13. The van der Waals surface area contributed by atoms with E-state index >= 15 is 0 Å². The molecule has 1 aliphatic heterocycles. The van der Waals surface area contributed by atoms with Gasteiger partial charge in [-0.25, -0.2) is 0 Å². The molecule has 0 bridgehead atoms. The maximum absolute atomic E-state index is 12.1. The van der Waals surface area contributed by atoms with Crippen LogP contribution in [0.2, 0.25) is 0 Å². The highest BCUT2D eigenvalue weighted by Crippen LogP contribution is 2.09. The van der Waals surface area contributed by atoms with Crippen LogP contribution in [0.4, 0.5) is 0 Å². The molecule has 4 nitrogen and oxygen atoms in total. The number of nitrogens with one attached hydrogen (secondary N) is 1. The first-order chi connectivity index (χ1) is 10.1. The smallest absolute Gasteiger partial charge is 0.234 e. The van der Waals surface area contributed by atoms with Gasteiger partial charge in [0.25, 0.3) is 0 Å². The van der Waals surface area contributed by atoms with Gasteiger partial charge in [0, 0.05) is 24.4 Å². The lowest BCUT2D eigenvalue weighted by atomic mass is 10.1. The first kappa shape index (κ1) is 16.0. The van der Waals surface area contributed by atoms with Crippen molar-refractivity contribution in [3.05, 3.63) is 29.6 Å². The van der Waals surface area contributed by atoms with Crippen molar-refractivity contribution in [3.8, 4) is 0 Å². The first-order valence-electron chi connectivity index (χ1n) is 8.07. The molecule has 1 N–H and O–H groups in total. The van der Waals surface area contributed by atoms with Crippen LogP contribution in [-0.4, -0.2) is 41.5 Å². The number of nitrogens with zero attached hydrogens (tertiary/aromatic N) is 2. The standard InChI is InChI=1S/C17H27N3O/c1-14-8-7-9-18-16(14)12-15(2)19-17(21)13-20-10-5-3-4-6-11-20/h7-9,15H,3-6,10-13H2,1-2H3,(H,19,21)/t15-/m1/s1. The van der Waals surface area contributed by atoms with E-state index in [2.05, 4.69) is 35.1 Å². The Balaban J connectivity index is 1.77. The van der Waals surface area contributed by atoms with E-state index in [-0.39, 0.29) is 11.9 Å². The van der Waals surface area contributed by atoms with Crippen molar-refractivity contribution in [2.45, 2.75) is 52.0 Å². The van der Waals surface area contributed by atoms with E-state index in [0.717, 1.165) is 25.2 Å². The number of pyridine rings is 1. The van der Waals surface area contributed by atoms with Gasteiger partial charge in [-0.15, -0.1) is 0 Å². The number of carbonyl (C=O) groups excluding carboxylic acids is 1. The monoisotopic (exact) mass is 289 g/mol. The molecule has 1 atom stereocenters. The van der Waals surface area contributed by atoms with Crippen molar-refractivity contribution < 1.29 is 4.79 Å². The van der Waals surface area contributed by atoms with Gasteiger partial charge in [-0.05, 0) is 51.4 Å². The minimum atomic E-state index is 0.123. The predicted molar refractivity (Wildman–Crippen MR) is 85.2 cm³/mol. The molecule has 1 aromatic rings. The summed E-state index contributed by atoms with van der Waals surface area (Å²) < 4.78 is 0. The van der Waals surface area contributed by atoms with Crippen LogP contribution in [0.15, 0.2) is 18.3 Å². The van der Waals surface area contributed by atoms with Crippen molar-refractivity contribution in [1.82, 2.24) is 15.2 Å². The Hall–Kier alpha value is -1.42. The number of hydrogen-bond acceptors (Lipinski definition) is 3. The normalized spacial score (nSPS) is 18.0. The number of rotatable bonds is 5. The lowest BCUT2D eigenvalue weighted by Gasteiger charge is -2.21. The predicted octanol–water partition coefficient (Wildman–Crippen LogP) is 2.31. The van der Waals surface area contributed by atoms with Gasteiger partial charge in [-0.3, -0.25) is 14.7 Å². The fourth-order valence-electron chi connectivity index (χ4n) is 2.89. The summed E-state index contributed by atoms with van der Waals surface area (Å²) >= 11 is 0. The summed E-state index contributed by atoms with van der Waals surface area (Å²) in [5, 5.41) is 3.10. The van der Waals surface area contributed by atoms with Gasteiger partial charge in [0.2, 0.25) is 5.91 Å². The van der Waals surface area contributed by atoms with Gasteiger partial charge in [0.15, 0.2) is 0 Å². The minimum Gasteiger partial charge on any atom is -0.352 e. The second-order valence-corrected chi connectivity index (χ2v) is 6.13. The molecule has 1 aliphatic rings. The number of hydrogen-bond donors (Lipinski definition) is 1. The third-order valence-electron chi connectivity index (χ3n) is 4.09. The van der Waals surface area contributed by atoms with E-state index in [1.54, 1.807) is 0 Å². The van der Waals surface area contributed by atoms with Crippen LogP contribution in [0.3, 0.4) is 0 Å². The molecule has 4 heteroatoms. The Bertz CT molecular complexity index is 453. The molecular weight excluding hydrogens is 262 g/mol. The Morgan fingerprint density at radius 1 is 1.33 bits per heavy atom. The lowest BCUT2D eigenvalue weighted by Crippen LogP contribution is -2.42. The molecule has 0 aliphatic carbocycles. The number of likely N-dealkylation sites (tertiary alicyclic amines) is 1. The first-order valence-corrected chi connectivity index (χ1v) is 8.07. The van der Waals surface area contributed by atoms with E-state index < -0.39 is 0 Å². The molecule has 1 amide bonds. The third-order valence-corrected chi connectivity index (χ3v) is 4.09. The van der Waals surface area contributed by atoms with E-state index in [1.165, 1.54) is 31.2 Å². The molecule has 0 saturated carbocycles. The molecule has 1 fully saturated rings. The minimum absolute atomic E-state index is 0.123. The highest BCUT2D eigenvalue weighted by atomic mass is 16.2.